The summed E-state index contributed by atoms with van der Waals surface area (Å²) < 4.78 is 0. The molecule has 0 aliphatic heterocycles. The number of benzene rings is 1. The Hall–Kier alpha value is -1.35. The standard InChI is InChI=1S/C10H9ClO3/c1-10(6-12,9(13)14)7-2-4-8(11)5-3-7/h2-6H,1H3,(H,13,14)/t10-/m0/s1. The molecule has 0 spiro atoms. The molecule has 0 heterocycles. The predicted octanol–water partition coefficient (Wildman–Crippen LogP) is 1.88. The van der Waals surface area contributed by atoms with E-state index in [0.29, 0.717) is 16.9 Å². The molecule has 0 aliphatic carbocycles. The number of halogens is 1. The summed E-state index contributed by atoms with van der Waals surface area (Å²) in [4.78, 5) is 21.6. The summed E-state index contributed by atoms with van der Waals surface area (Å²) in [5.41, 5.74) is -1.07. The van der Waals surface area contributed by atoms with Gasteiger partial charge in [0.1, 0.15) is 11.7 Å². The monoisotopic (exact) mass is 212 g/mol. The number of hydrogen-bond donors (Lipinski definition) is 1. The molecule has 0 aliphatic rings. The Morgan fingerprint density at radius 2 is 1.93 bits per heavy atom. The third-order valence-electron chi connectivity index (χ3n) is 2.12. The number of rotatable bonds is 3. The molecule has 0 aromatic heterocycles. The minimum absolute atomic E-state index is 0.415. The molecule has 1 aromatic rings. The first-order valence-corrected chi connectivity index (χ1v) is 4.34. The Labute approximate surface area is 86.3 Å². The van der Waals surface area contributed by atoms with Gasteiger partial charge in [0.25, 0.3) is 0 Å². The highest BCUT2D eigenvalue weighted by Gasteiger charge is 2.34. The molecule has 0 saturated heterocycles. The van der Waals surface area contributed by atoms with Crippen LogP contribution in [0.3, 0.4) is 0 Å². The summed E-state index contributed by atoms with van der Waals surface area (Å²) in [5, 5.41) is 9.40. The Bertz CT molecular complexity index is 358. The topological polar surface area (TPSA) is 54.4 Å². The molecule has 0 amide bonds. The zero-order valence-electron chi connectivity index (χ0n) is 7.53. The van der Waals surface area contributed by atoms with Crippen LogP contribution in [0.5, 0.6) is 0 Å². The molecule has 0 unspecified atom stereocenters. The van der Waals surface area contributed by atoms with Crippen molar-refractivity contribution >= 4 is 23.9 Å². The van der Waals surface area contributed by atoms with Gasteiger partial charge in [0, 0.05) is 5.02 Å². The predicted molar refractivity (Wildman–Crippen MR) is 52.5 cm³/mol. The summed E-state index contributed by atoms with van der Waals surface area (Å²) in [6.07, 6.45) is 0.415. The van der Waals surface area contributed by atoms with Crippen molar-refractivity contribution < 1.29 is 14.7 Å². The fourth-order valence-corrected chi connectivity index (χ4v) is 1.16. The molecule has 1 rings (SSSR count). The number of carbonyl (C=O) groups excluding carboxylic acids is 1. The van der Waals surface area contributed by atoms with Gasteiger partial charge >= 0.3 is 5.97 Å². The second kappa shape index (κ2) is 3.80. The van der Waals surface area contributed by atoms with Crippen LogP contribution in [0.2, 0.25) is 5.02 Å². The van der Waals surface area contributed by atoms with E-state index >= 15 is 0 Å². The van der Waals surface area contributed by atoms with E-state index in [4.69, 9.17) is 16.7 Å². The number of carbonyl (C=O) groups is 2. The summed E-state index contributed by atoms with van der Waals surface area (Å²) in [6, 6.07) is 6.18. The Morgan fingerprint density at radius 3 is 2.29 bits per heavy atom. The van der Waals surface area contributed by atoms with Gasteiger partial charge in [-0.1, -0.05) is 23.7 Å². The van der Waals surface area contributed by atoms with Gasteiger partial charge in [-0.25, -0.2) is 0 Å². The molecule has 4 heteroatoms. The van der Waals surface area contributed by atoms with Gasteiger partial charge in [0.15, 0.2) is 0 Å². The van der Waals surface area contributed by atoms with Crippen molar-refractivity contribution in [2.75, 3.05) is 0 Å². The van der Waals surface area contributed by atoms with E-state index in [1.807, 2.05) is 0 Å². The number of aliphatic carboxylic acids is 1. The molecule has 0 saturated carbocycles. The molecule has 1 N–H and O–H groups in total. The highest BCUT2D eigenvalue weighted by atomic mass is 35.5. The van der Waals surface area contributed by atoms with Crippen LogP contribution < -0.4 is 0 Å². The normalized spacial score (nSPS) is 14.4. The zero-order valence-corrected chi connectivity index (χ0v) is 8.28. The Kier molecular flexibility index (Phi) is 2.91. The summed E-state index contributed by atoms with van der Waals surface area (Å²) in [7, 11) is 0. The lowest BCUT2D eigenvalue weighted by molar-refractivity contribution is -0.145. The fraction of sp³-hybridized carbons (Fsp3) is 0.200. The van der Waals surface area contributed by atoms with Crippen LogP contribution in [-0.2, 0) is 15.0 Å². The summed E-state index contributed by atoms with van der Waals surface area (Å²) in [6.45, 7) is 1.35. The van der Waals surface area contributed by atoms with E-state index < -0.39 is 11.4 Å². The van der Waals surface area contributed by atoms with Crippen LogP contribution >= 0.6 is 11.6 Å². The van der Waals surface area contributed by atoms with Gasteiger partial charge in [-0.3, -0.25) is 4.79 Å². The largest absolute Gasteiger partial charge is 0.480 e. The number of carboxylic acid groups (broad SMARTS) is 1. The SMILES string of the molecule is C[C@@](C=O)(C(=O)O)c1ccc(Cl)cc1. The second-order valence-electron chi connectivity index (χ2n) is 3.13. The third kappa shape index (κ3) is 1.77. The Morgan fingerprint density at radius 1 is 1.43 bits per heavy atom. The van der Waals surface area contributed by atoms with Gasteiger partial charge in [0.05, 0.1) is 0 Å². The Balaban J connectivity index is 3.19. The van der Waals surface area contributed by atoms with Crippen molar-refractivity contribution in [1.82, 2.24) is 0 Å². The van der Waals surface area contributed by atoms with E-state index in [1.165, 1.54) is 19.1 Å². The maximum Gasteiger partial charge on any atom is 0.321 e. The van der Waals surface area contributed by atoms with Gasteiger partial charge in [0.2, 0.25) is 0 Å². The first-order valence-electron chi connectivity index (χ1n) is 3.96. The molecule has 14 heavy (non-hydrogen) atoms. The van der Waals surface area contributed by atoms with Crippen molar-refractivity contribution in [3.05, 3.63) is 34.9 Å². The first-order chi connectivity index (χ1) is 6.50. The molecule has 0 bridgehead atoms. The maximum absolute atomic E-state index is 10.9. The smallest absolute Gasteiger partial charge is 0.321 e. The van der Waals surface area contributed by atoms with E-state index in [-0.39, 0.29) is 0 Å². The lowest BCUT2D eigenvalue weighted by atomic mass is 9.84. The average molecular weight is 213 g/mol. The van der Waals surface area contributed by atoms with Gasteiger partial charge in [-0.15, -0.1) is 0 Å². The van der Waals surface area contributed by atoms with Crippen molar-refractivity contribution in [1.29, 1.82) is 0 Å². The number of hydrogen-bond acceptors (Lipinski definition) is 2. The van der Waals surface area contributed by atoms with Crippen molar-refractivity contribution in [2.24, 2.45) is 0 Å². The number of aldehydes is 1. The van der Waals surface area contributed by atoms with Crippen LogP contribution in [0.15, 0.2) is 24.3 Å². The van der Waals surface area contributed by atoms with Gasteiger partial charge in [-0.2, -0.15) is 0 Å². The minimum atomic E-state index is -1.50. The van der Waals surface area contributed by atoms with E-state index in [9.17, 15) is 9.59 Å². The first kappa shape index (κ1) is 10.7. The quantitative estimate of drug-likeness (QED) is 0.615. The van der Waals surface area contributed by atoms with Gasteiger partial charge < -0.3 is 9.90 Å². The number of carboxylic acids is 1. The van der Waals surface area contributed by atoms with E-state index in [0.717, 1.165) is 0 Å². The third-order valence-corrected chi connectivity index (χ3v) is 2.38. The molecular weight excluding hydrogens is 204 g/mol. The molecule has 1 aromatic carbocycles. The highest BCUT2D eigenvalue weighted by Crippen LogP contribution is 2.23. The van der Waals surface area contributed by atoms with Crippen LogP contribution in [0, 0.1) is 0 Å². The molecular formula is C10H9ClO3. The molecule has 0 fully saturated rings. The molecule has 3 nitrogen and oxygen atoms in total. The second-order valence-corrected chi connectivity index (χ2v) is 3.57. The highest BCUT2D eigenvalue weighted by molar-refractivity contribution is 6.30. The average Bonchev–Trinajstić information content (AvgIpc) is 2.17. The lowest BCUT2D eigenvalue weighted by Gasteiger charge is -2.17. The van der Waals surface area contributed by atoms with E-state index in [1.54, 1.807) is 12.1 Å². The molecule has 1 atom stereocenters. The molecule has 0 radical (unpaired) electrons. The maximum atomic E-state index is 10.9. The van der Waals surface area contributed by atoms with Crippen LogP contribution in [-0.4, -0.2) is 17.4 Å². The van der Waals surface area contributed by atoms with Crippen molar-refractivity contribution in [3.8, 4) is 0 Å². The van der Waals surface area contributed by atoms with Crippen LogP contribution in [0.1, 0.15) is 12.5 Å². The van der Waals surface area contributed by atoms with E-state index in [2.05, 4.69) is 0 Å². The van der Waals surface area contributed by atoms with Gasteiger partial charge in [-0.05, 0) is 24.6 Å². The zero-order chi connectivity index (χ0) is 10.8. The summed E-state index contributed by atoms with van der Waals surface area (Å²) in [5.74, 6) is -1.17. The molecule has 74 valence electrons. The summed E-state index contributed by atoms with van der Waals surface area (Å²) >= 11 is 5.65. The van der Waals surface area contributed by atoms with Crippen LogP contribution in [0.4, 0.5) is 0 Å². The van der Waals surface area contributed by atoms with Crippen molar-refractivity contribution in [2.45, 2.75) is 12.3 Å². The fourth-order valence-electron chi connectivity index (χ4n) is 1.04. The lowest BCUT2D eigenvalue weighted by Crippen LogP contribution is -2.33. The minimum Gasteiger partial charge on any atom is -0.480 e. The van der Waals surface area contributed by atoms with Crippen LogP contribution in [0.25, 0.3) is 0 Å². The van der Waals surface area contributed by atoms with Crippen molar-refractivity contribution in [3.63, 3.8) is 0 Å².